The molecule has 0 spiro atoms. The average molecular weight is 350 g/mol. The first-order valence-electron chi connectivity index (χ1n) is 7.00. The smallest absolute Gasteiger partial charge is 0.321 e. The molecule has 2 rings (SSSR count). The van der Waals surface area contributed by atoms with E-state index >= 15 is 0 Å². The fourth-order valence-electron chi connectivity index (χ4n) is 1.75. The highest BCUT2D eigenvalue weighted by Crippen LogP contribution is 2.30. The Balaban J connectivity index is 2.02. The van der Waals surface area contributed by atoms with E-state index in [1.807, 2.05) is 0 Å². The van der Waals surface area contributed by atoms with Gasteiger partial charge in [-0.2, -0.15) is 18.3 Å². The van der Waals surface area contributed by atoms with Gasteiger partial charge in [0.1, 0.15) is 5.71 Å². The zero-order valence-electron chi connectivity index (χ0n) is 13.0. The Hall–Kier alpha value is -3.23. The summed E-state index contributed by atoms with van der Waals surface area (Å²) in [5, 5.41) is 5.92. The number of pyridine rings is 1. The Morgan fingerprint density at radius 3 is 2.44 bits per heavy atom. The highest BCUT2D eigenvalue weighted by atomic mass is 19.4. The third-order valence-electron chi connectivity index (χ3n) is 3.04. The van der Waals surface area contributed by atoms with Crippen LogP contribution in [0.5, 0.6) is 0 Å². The molecule has 2 N–H and O–H groups in total. The van der Waals surface area contributed by atoms with Crippen LogP contribution >= 0.6 is 0 Å². The van der Waals surface area contributed by atoms with Gasteiger partial charge in [-0.1, -0.05) is 6.07 Å². The van der Waals surface area contributed by atoms with Gasteiger partial charge in [0.15, 0.2) is 0 Å². The van der Waals surface area contributed by atoms with Crippen molar-refractivity contribution in [1.82, 2.24) is 10.4 Å². The molecule has 0 aliphatic rings. The second kappa shape index (κ2) is 7.56. The van der Waals surface area contributed by atoms with Crippen LogP contribution < -0.4 is 10.7 Å². The lowest BCUT2D eigenvalue weighted by Crippen LogP contribution is -2.25. The zero-order valence-corrected chi connectivity index (χ0v) is 13.0. The van der Waals surface area contributed by atoms with Gasteiger partial charge in [-0.25, -0.2) is 5.43 Å². The molecule has 25 heavy (non-hydrogen) atoms. The van der Waals surface area contributed by atoms with Gasteiger partial charge in [0.2, 0.25) is 0 Å². The largest absolute Gasteiger partial charge is 0.416 e. The lowest BCUT2D eigenvalue weighted by Gasteiger charge is -2.09. The number of halogens is 3. The highest BCUT2D eigenvalue weighted by Gasteiger charge is 2.30. The number of hydrazone groups is 1. The number of carbonyl (C=O) groups is 2. The van der Waals surface area contributed by atoms with Crippen LogP contribution in [0.15, 0.2) is 53.9 Å². The van der Waals surface area contributed by atoms with Gasteiger partial charge in [0.25, 0.3) is 11.8 Å². The SMILES string of the molecule is C/C(=N\NC(=O)c1ccncc1)C(=O)Nc1cccc(C(F)(F)F)c1. The minimum atomic E-state index is -4.51. The molecule has 2 amide bonds. The summed E-state index contributed by atoms with van der Waals surface area (Å²) in [5.41, 5.74) is 1.44. The molecule has 6 nitrogen and oxygen atoms in total. The average Bonchev–Trinajstić information content (AvgIpc) is 2.59. The third kappa shape index (κ3) is 5.13. The van der Waals surface area contributed by atoms with Crippen molar-refractivity contribution in [2.45, 2.75) is 13.1 Å². The number of hydrogen-bond donors (Lipinski definition) is 2. The van der Waals surface area contributed by atoms with Crippen molar-refractivity contribution in [3.63, 3.8) is 0 Å². The van der Waals surface area contributed by atoms with Gasteiger partial charge in [-0.05, 0) is 37.3 Å². The van der Waals surface area contributed by atoms with Gasteiger partial charge in [0.05, 0.1) is 5.56 Å². The summed E-state index contributed by atoms with van der Waals surface area (Å²) in [6.07, 6.45) is -1.67. The van der Waals surface area contributed by atoms with Crippen molar-refractivity contribution in [2.75, 3.05) is 5.32 Å². The van der Waals surface area contributed by atoms with Gasteiger partial charge < -0.3 is 5.32 Å². The minimum absolute atomic E-state index is 0.0326. The molecular weight excluding hydrogens is 337 g/mol. The molecule has 0 unspecified atom stereocenters. The molecule has 0 saturated carbocycles. The summed E-state index contributed by atoms with van der Waals surface area (Å²) in [6, 6.07) is 7.12. The molecule has 1 heterocycles. The Morgan fingerprint density at radius 2 is 1.80 bits per heavy atom. The highest BCUT2D eigenvalue weighted by molar-refractivity contribution is 6.42. The van der Waals surface area contributed by atoms with Crippen LogP contribution in [0, 0.1) is 0 Å². The van der Waals surface area contributed by atoms with E-state index in [-0.39, 0.29) is 11.4 Å². The molecule has 0 radical (unpaired) electrons. The predicted octanol–water partition coefficient (Wildman–Crippen LogP) is 2.84. The molecule has 9 heteroatoms. The molecule has 1 aromatic heterocycles. The first kappa shape index (κ1) is 18.1. The standard InChI is InChI=1S/C16H13F3N4O2/c1-10(22-23-15(25)11-5-7-20-8-6-11)14(24)21-13-4-2-3-12(9-13)16(17,18)19/h2-9H,1H3,(H,21,24)(H,23,25)/b22-10+. The topological polar surface area (TPSA) is 83.5 Å². The van der Waals surface area contributed by atoms with E-state index in [1.54, 1.807) is 0 Å². The molecule has 0 bridgehead atoms. The number of rotatable bonds is 4. The maximum absolute atomic E-state index is 12.6. The summed E-state index contributed by atoms with van der Waals surface area (Å²) in [4.78, 5) is 27.5. The summed E-state index contributed by atoms with van der Waals surface area (Å²) in [7, 11) is 0. The number of amides is 2. The Kier molecular flexibility index (Phi) is 5.48. The fourth-order valence-corrected chi connectivity index (χ4v) is 1.75. The van der Waals surface area contributed by atoms with Crippen LogP contribution in [0.2, 0.25) is 0 Å². The van der Waals surface area contributed by atoms with Gasteiger partial charge in [-0.15, -0.1) is 0 Å². The van der Waals surface area contributed by atoms with Crippen molar-refractivity contribution >= 4 is 23.2 Å². The van der Waals surface area contributed by atoms with Crippen LogP contribution in [0.4, 0.5) is 18.9 Å². The molecule has 0 atom stereocenters. The maximum atomic E-state index is 12.6. The number of anilines is 1. The Morgan fingerprint density at radius 1 is 1.12 bits per heavy atom. The molecular formula is C16H13F3N4O2. The number of aromatic nitrogens is 1. The van der Waals surface area contributed by atoms with Crippen LogP contribution in [0.25, 0.3) is 0 Å². The summed E-state index contributed by atoms with van der Waals surface area (Å²) in [6.45, 7) is 1.32. The van der Waals surface area contributed by atoms with E-state index in [9.17, 15) is 22.8 Å². The van der Waals surface area contributed by atoms with Crippen molar-refractivity contribution in [2.24, 2.45) is 5.10 Å². The quantitative estimate of drug-likeness (QED) is 0.657. The first-order valence-corrected chi connectivity index (χ1v) is 7.00. The second-order valence-electron chi connectivity index (χ2n) is 4.91. The normalized spacial score (nSPS) is 11.8. The van der Waals surface area contributed by atoms with Crippen molar-refractivity contribution in [1.29, 1.82) is 0 Å². The van der Waals surface area contributed by atoms with E-state index in [0.717, 1.165) is 12.1 Å². The van der Waals surface area contributed by atoms with Gasteiger partial charge >= 0.3 is 6.18 Å². The number of nitrogens with zero attached hydrogens (tertiary/aromatic N) is 2. The molecule has 1 aromatic carbocycles. The van der Waals surface area contributed by atoms with Gasteiger partial charge in [-0.3, -0.25) is 14.6 Å². The second-order valence-corrected chi connectivity index (χ2v) is 4.91. The summed E-state index contributed by atoms with van der Waals surface area (Å²) >= 11 is 0. The van der Waals surface area contributed by atoms with E-state index in [2.05, 4.69) is 20.8 Å². The third-order valence-corrected chi connectivity index (χ3v) is 3.04. The number of nitrogens with one attached hydrogen (secondary N) is 2. The van der Waals surface area contributed by atoms with E-state index in [1.165, 1.54) is 43.6 Å². The minimum Gasteiger partial charge on any atom is -0.321 e. The molecule has 0 aliphatic heterocycles. The van der Waals surface area contributed by atoms with Crippen LogP contribution in [0.3, 0.4) is 0 Å². The molecule has 130 valence electrons. The molecule has 2 aromatic rings. The van der Waals surface area contributed by atoms with E-state index in [4.69, 9.17) is 0 Å². The lowest BCUT2D eigenvalue weighted by molar-refractivity contribution is -0.137. The fraction of sp³-hybridized carbons (Fsp3) is 0.125. The number of benzene rings is 1. The molecule has 0 aliphatic carbocycles. The number of alkyl halides is 3. The summed E-state index contributed by atoms with van der Waals surface area (Å²) in [5.74, 6) is -1.29. The molecule has 0 saturated heterocycles. The Labute approximate surface area is 140 Å². The maximum Gasteiger partial charge on any atom is 0.416 e. The van der Waals surface area contributed by atoms with Crippen LogP contribution in [-0.2, 0) is 11.0 Å². The predicted molar refractivity (Wildman–Crippen MR) is 84.9 cm³/mol. The van der Waals surface area contributed by atoms with Crippen molar-refractivity contribution in [3.8, 4) is 0 Å². The van der Waals surface area contributed by atoms with E-state index in [0.29, 0.717) is 5.56 Å². The van der Waals surface area contributed by atoms with Crippen molar-refractivity contribution in [3.05, 3.63) is 59.9 Å². The number of carbonyl (C=O) groups excluding carboxylic acids is 2. The van der Waals surface area contributed by atoms with Crippen molar-refractivity contribution < 1.29 is 22.8 Å². The molecule has 0 fully saturated rings. The lowest BCUT2D eigenvalue weighted by atomic mass is 10.2. The van der Waals surface area contributed by atoms with E-state index < -0.39 is 23.6 Å². The van der Waals surface area contributed by atoms with Crippen LogP contribution in [-0.4, -0.2) is 22.5 Å². The van der Waals surface area contributed by atoms with Crippen LogP contribution in [0.1, 0.15) is 22.8 Å². The Bertz CT molecular complexity index is 805. The summed E-state index contributed by atoms with van der Waals surface area (Å²) < 4.78 is 37.9. The first-order chi connectivity index (χ1) is 11.8. The zero-order chi connectivity index (χ0) is 18.4. The van der Waals surface area contributed by atoms with Gasteiger partial charge in [0, 0.05) is 23.6 Å². The monoisotopic (exact) mass is 350 g/mol. The number of hydrogen-bond acceptors (Lipinski definition) is 4.